The lowest BCUT2D eigenvalue weighted by Crippen LogP contribution is -2.47. The van der Waals surface area contributed by atoms with Gasteiger partial charge in [-0.05, 0) is 32.3 Å². The third kappa shape index (κ3) is 6.64. The van der Waals surface area contributed by atoms with Crippen LogP contribution in [0.1, 0.15) is 25.8 Å². The van der Waals surface area contributed by atoms with Crippen molar-refractivity contribution >= 4 is 5.91 Å². The molecule has 1 aromatic carbocycles. The van der Waals surface area contributed by atoms with Gasteiger partial charge in [-0.3, -0.25) is 10.1 Å². The van der Waals surface area contributed by atoms with Crippen molar-refractivity contribution in [3.05, 3.63) is 35.9 Å². The summed E-state index contributed by atoms with van der Waals surface area (Å²) in [5, 5.41) is 5.90. The molecule has 3 heteroatoms. The largest absolute Gasteiger partial charge is 0.350 e. The molecule has 1 aromatic rings. The van der Waals surface area contributed by atoms with E-state index in [0.717, 1.165) is 12.8 Å². The maximum absolute atomic E-state index is 11.7. The van der Waals surface area contributed by atoms with Gasteiger partial charge in [-0.1, -0.05) is 36.3 Å². The highest BCUT2D eigenvalue weighted by atomic mass is 16.2. The quantitative estimate of drug-likeness (QED) is 0.578. The number of carbonyl (C=O) groups excluding carboxylic acids is 1. The van der Waals surface area contributed by atoms with Crippen LogP contribution in [0.25, 0.3) is 0 Å². The summed E-state index contributed by atoms with van der Waals surface area (Å²) in [5.74, 6) is 2.42. The van der Waals surface area contributed by atoms with Crippen molar-refractivity contribution in [3.63, 3.8) is 0 Å². The van der Waals surface area contributed by atoms with Crippen LogP contribution >= 0.6 is 0 Å². The molecule has 1 amide bonds. The first-order chi connectivity index (χ1) is 9.03. The molecule has 0 spiro atoms. The first-order valence-corrected chi connectivity index (χ1v) is 6.52. The Kier molecular flexibility index (Phi) is 6.11. The van der Waals surface area contributed by atoms with Gasteiger partial charge in [0.1, 0.15) is 0 Å². The molecule has 0 saturated heterocycles. The SMILES string of the molecule is C#CCNCC(=O)NC(C)(C)CCc1ccccc1. The fourth-order valence-corrected chi connectivity index (χ4v) is 1.83. The van der Waals surface area contributed by atoms with Crippen molar-refractivity contribution in [2.24, 2.45) is 0 Å². The van der Waals surface area contributed by atoms with Gasteiger partial charge in [0.25, 0.3) is 0 Å². The van der Waals surface area contributed by atoms with Crippen LogP contribution in [0, 0.1) is 12.3 Å². The third-order valence-electron chi connectivity index (χ3n) is 2.87. The third-order valence-corrected chi connectivity index (χ3v) is 2.87. The molecular weight excluding hydrogens is 236 g/mol. The molecule has 0 aliphatic rings. The van der Waals surface area contributed by atoms with E-state index in [1.807, 2.05) is 32.0 Å². The first kappa shape index (κ1) is 15.3. The molecule has 0 saturated carbocycles. The summed E-state index contributed by atoms with van der Waals surface area (Å²) in [6.07, 6.45) is 6.96. The van der Waals surface area contributed by atoms with E-state index in [9.17, 15) is 4.79 Å². The van der Waals surface area contributed by atoms with Crippen LogP contribution in [-0.2, 0) is 11.2 Å². The van der Waals surface area contributed by atoms with Crippen LogP contribution in [0.2, 0.25) is 0 Å². The Labute approximate surface area is 115 Å². The van der Waals surface area contributed by atoms with Gasteiger partial charge in [0.05, 0.1) is 13.1 Å². The van der Waals surface area contributed by atoms with E-state index < -0.39 is 0 Å². The van der Waals surface area contributed by atoms with Gasteiger partial charge >= 0.3 is 0 Å². The smallest absolute Gasteiger partial charge is 0.234 e. The van der Waals surface area contributed by atoms with Gasteiger partial charge in [0.15, 0.2) is 0 Å². The minimum absolute atomic E-state index is 0.0201. The first-order valence-electron chi connectivity index (χ1n) is 6.52. The number of hydrogen-bond donors (Lipinski definition) is 2. The molecule has 0 heterocycles. The lowest BCUT2D eigenvalue weighted by Gasteiger charge is -2.26. The predicted molar refractivity (Wildman–Crippen MR) is 78.7 cm³/mol. The van der Waals surface area contributed by atoms with E-state index in [1.165, 1.54) is 5.56 Å². The van der Waals surface area contributed by atoms with Gasteiger partial charge in [-0.15, -0.1) is 6.42 Å². The topological polar surface area (TPSA) is 41.1 Å². The van der Waals surface area contributed by atoms with E-state index in [2.05, 4.69) is 28.7 Å². The van der Waals surface area contributed by atoms with E-state index in [0.29, 0.717) is 6.54 Å². The molecule has 0 bridgehead atoms. The van der Waals surface area contributed by atoms with Gasteiger partial charge in [-0.2, -0.15) is 0 Å². The predicted octanol–water partition coefficient (Wildman–Crippen LogP) is 1.74. The zero-order valence-corrected chi connectivity index (χ0v) is 11.7. The van der Waals surface area contributed by atoms with Gasteiger partial charge in [-0.25, -0.2) is 0 Å². The highest BCUT2D eigenvalue weighted by Gasteiger charge is 2.19. The van der Waals surface area contributed by atoms with Crippen molar-refractivity contribution in [2.45, 2.75) is 32.2 Å². The second-order valence-corrected chi connectivity index (χ2v) is 5.23. The molecule has 0 aliphatic carbocycles. The maximum Gasteiger partial charge on any atom is 0.234 e. The molecule has 0 atom stereocenters. The Hall–Kier alpha value is -1.79. The number of amides is 1. The normalized spacial score (nSPS) is 10.8. The van der Waals surface area contributed by atoms with Crippen LogP contribution in [0.5, 0.6) is 0 Å². The number of aryl methyl sites for hydroxylation is 1. The van der Waals surface area contributed by atoms with E-state index >= 15 is 0 Å². The molecule has 0 aromatic heterocycles. The summed E-state index contributed by atoms with van der Waals surface area (Å²) in [7, 11) is 0. The number of carbonyl (C=O) groups is 1. The van der Waals surface area contributed by atoms with Crippen LogP contribution in [0.3, 0.4) is 0 Å². The van der Waals surface area contributed by atoms with Crippen molar-refractivity contribution in [2.75, 3.05) is 13.1 Å². The van der Waals surface area contributed by atoms with Crippen molar-refractivity contribution < 1.29 is 4.79 Å². The molecule has 0 radical (unpaired) electrons. The molecular formula is C16H22N2O. The Morgan fingerprint density at radius 2 is 2.00 bits per heavy atom. The van der Waals surface area contributed by atoms with Gasteiger partial charge in [0, 0.05) is 5.54 Å². The molecule has 102 valence electrons. The Balaban J connectivity index is 2.35. The molecule has 1 rings (SSSR count). The lowest BCUT2D eigenvalue weighted by molar-refractivity contribution is -0.121. The van der Waals surface area contributed by atoms with Crippen LogP contribution in [-0.4, -0.2) is 24.5 Å². The Morgan fingerprint density at radius 3 is 2.63 bits per heavy atom. The Morgan fingerprint density at radius 1 is 1.32 bits per heavy atom. The zero-order valence-electron chi connectivity index (χ0n) is 11.7. The zero-order chi connectivity index (χ0) is 14.1. The summed E-state index contributed by atoms with van der Waals surface area (Å²) < 4.78 is 0. The summed E-state index contributed by atoms with van der Waals surface area (Å²) >= 11 is 0. The second kappa shape index (κ2) is 7.60. The van der Waals surface area contributed by atoms with Crippen molar-refractivity contribution in [1.82, 2.24) is 10.6 Å². The van der Waals surface area contributed by atoms with Crippen molar-refractivity contribution in [3.8, 4) is 12.3 Å². The number of hydrogen-bond acceptors (Lipinski definition) is 2. The molecule has 3 nitrogen and oxygen atoms in total. The number of benzene rings is 1. The number of nitrogens with one attached hydrogen (secondary N) is 2. The van der Waals surface area contributed by atoms with Gasteiger partial charge in [0.2, 0.25) is 5.91 Å². The molecule has 0 aliphatic heterocycles. The average molecular weight is 258 g/mol. The molecule has 0 unspecified atom stereocenters. The fourth-order valence-electron chi connectivity index (χ4n) is 1.83. The average Bonchev–Trinajstić information content (AvgIpc) is 2.37. The Bertz CT molecular complexity index is 432. The van der Waals surface area contributed by atoms with Crippen molar-refractivity contribution in [1.29, 1.82) is 0 Å². The second-order valence-electron chi connectivity index (χ2n) is 5.23. The van der Waals surface area contributed by atoms with E-state index in [-0.39, 0.29) is 18.0 Å². The number of terminal acetylenes is 1. The maximum atomic E-state index is 11.7. The standard InChI is InChI=1S/C16H22N2O/c1-4-12-17-13-15(19)18-16(2,3)11-10-14-8-6-5-7-9-14/h1,5-9,17H,10-13H2,2-3H3,(H,18,19). The summed E-state index contributed by atoms with van der Waals surface area (Å²) in [6.45, 7) is 4.75. The van der Waals surface area contributed by atoms with Crippen LogP contribution in [0.4, 0.5) is 0 Å². The minimum atomic E-state index is -0.218. The molecule has 19 heavy (non-hydrogen) atoms. The van der Waals surface area contributed by atoms with E-state index in [1.54, 1.807) is 0 Å². The summed E-state index contributed by atoms with van der Waals surface area (Å²) in [4.78, 5) is 11.7. The highest BCUT2D eigenvalue weighted by molar-refractivity contribution is 5.78. The molecule has 2 N–H and O–H groups in total. The summed E-state index contributed by atoms with van der Waals surface area (Å²) in [6, 6.07) is 10.3. The van der Waals surface area contributed by atoms with E-state index in [4.69, 9.17) is 6.42 Å². The minimum Gasteiger partial charge on any atom is -0.350 e. The van der Waals surface area contributed by atoms with Gasteiger partial charge < -0.3 is 5.32 Å². The highest BCUT2D eigenvalue weighted by Crippen LogP contribution is 2.13. The number of rotatable bonds is 7. The lowest BCUT2D eigenvalue weighted by atomic mass is 9.95. The van der Waals surface area contributed by atoms with Crippen LogP contribution < -0.4 is 10.6 Å². The van der Waals surface area contributed by atoms with Crippen LogP contribution in [0.15, 0.2) is 30.3 Å². The summed E-state index contributed by atoms with van der Waals surface area (Å²) in [5.41, 5.74) is 1.07. The fraction of sp³-hybridized carbons (Fsp3) is 0.438. The molecule has 0 fully saturated rings. The monoisotopic (exact) mass is 258 g/mol.